The van der Waals surface area contributed by atoms with Crippen LogP contribution in [0, 0.1) is 5.92 Å². The van der Waals surface area contributed by atoms with E-state index in [0.29, 0.717) is 16.5 Å². The summed E-state index contributed by atoms with van der Waals surface area (Å²) in [6.45, 7) is 2.74. The molecule has 4 nitrogen and oxygen atoms in total. The Hall–Kier alpha value is -2.07. The highest BCUT2D eigenvalue weighted by atomic mass is 35.5. The van der Waals surface area contributed by atoms with E-state index in [2.05, 4.69) is 21.3 Å². The summed E-state index contributed by atoms with van der Waals surface area (Å²) in [7, 11) is 0. The molecule has 2 heterocycles. The smallest absolute Gasteiger partial charge is 0.251 e. The minimum atomic E-state index is -0.0312. The molecule has 1 N–H and O–H groups in total. The molecule has 0 unspecified atom stereocenters. The number of rotatable bonds is 4. The number of benzene rings is 1. The maximum absolute atomic E-state index is 12.1. The topological polar surface area (TPSA) is 45.2 Å². The lowest BCUT2D eigenvalue weighted by Crippen LogP contribution is -2.38. The summed E-state index contributed by atoms with van der Waals surface area (Å²) in [6.07, 6.45) is 5.86. The van der Waals surface area contributed by atoms with Crippen molar-refractivity contribution < 1.29 is 4.79 Å². The summed E-state index contributed by atoms with van der Waals surface area (Å²) >= 11 is 5.84. The van der Waals surface area contributed by atoms with Gasteiger partial charge >= 0.3 is 0 Å². The van der Waals surface area contributed by atoms with Gasteiger partial charge in [-0.2, -0.15) is 0 Å². The van der Waals surface area contributed by atoms with Crippen molar-refractivity contribution in [2.45, 2.75) is 12.8 Å². The highest BCUT2D eigenvalue weighted by molar-refractivity contribution is 6.30. The molecule has 1 aromatic heterocycles. The van der Waals surface area contributed by atoms with Crippen LogP contribution in [0.5, 0.6) is 0 Å². The van der Waals surface area contributed by atoms with Gasteiger partial charge in [-0.1, -0.05) is 11.6 Å². The van der Waals surface area contributed by atoms with E-state index in [4.69, 9.17) is 11.6 Å². The normalized spacial score (nSPS) is 15.4. The molecule has 5 heteroatoms. The highest BCUT2D eigenvalue weighted by Crippen LogP contribution is 2.22. The van der Waals surface area contributed by atoms with Crippen LogP contribution in [0.15, 0.2) is 48.8 Å². The average molecular weight is 330 g/mol. The molecule has 1 aromatic carbocycles. The molecule has 0 saturated carbocycles. The van der Waals surface area contributed by atoms with Gasteiger partial charge in [0.05, 0.1) is 11.9 Å². The summed E-state index contributed by atoms with van der Waals surface area (Å²) in [5.41, 5.74) is 1.83. The van der Waals surface area contributed by atoms with E-state index in [1.54, 1.807) is 30.5 Å². The quantitative estimate of drug-likeness (QED) is 0.935. The van der Waals surface area contributed by atoms with Crippen molar-refractivity contribution in [2.24, 2.45) is 5.92 Å². The van der Waals surface area contributed by atoms with E-state index in [-0.39, 0.29) is 5.91 Å². The lowest BCUT2D eigenvalue weighted by Gasteiger charge is -2.33. The SMILES string of the molecule is O=C(NCC1CCN(c2cccnc2)CC1)c1ccc(Cl)cc1. The number of pyridine rings is 1. The van der Waals surface area contributed by atoms with Gasteiger partial charge in [-0.15, -0.1) is 0 Å². The van der Waals surface area contributed by atoms with Crippen LogP contribution in [-0.2, 0) is 0 Å². The summed E-state index contributed by atoms with van der Waals surface area (Å²) in [6, 6.07) is 11.0. The Balaban J connectivity index is 1.46. The number of carbonyl (C=O) groups is 1. The van der Waals surface area contributed by atoms with Crippen LogP contribution < -0.4 is 10.2 Å². The Kier molecular flexibility index (Phi) is 5.13. The number of piperidine rings is 1. The van der Waals surface area contributed by atoms with E-state index in [1.807, 2.05) is 12.3 Å². The Labute approximate surface area is 141 Å². The second-order valence-corrected chi connectivity index (χ2v) is 6.30. The minimum absolute atomic E-state index is 0.0312. The molecule has 120 valence electrons. The lowest BCUT2D eigenvalue weighted by atomic mass is 9.96. The fourth-order valence-corrected chi connectivity index (χ4v) is 3.00. The predicted molar refractivity (Wildman–Crippen MR) is 93.0 cm³/mol. The third-order valence-electron chi connectivity index (χ3n) is 4.28. The van der Waals surface area contributed by atoms with E-state index >= 15 is 0 Å². The Morgan fingerprint density at radius 1 is 1.22 bits per heavy atom. The zero-order valence-corrected chi connectivity index (χ0v) is 13.7. The number of halogens is 1. The molecule has 0 bridgehead atoms. The maximum Gasteiger partial charge on any atom is 0.251 e. The molecule has 23 heavy (non-hydrogen) atoms. The number of aromatic nitrogens is 1. The second kappa shape index (κ2) is 7.47. The van der Waals surface area contributed by atoms with Crippen LogP contribution in [0.2, 0.25) is 5.02 Å². The first-order valence-electron chi connectivity index (χ1n) is 7.91. The van der Waals surface area contributed by atoms with Crippen LogP contribution in [0.3, 0.4) is 0 Å². The van der Waals surface area contributed by atoms with E-state index in [9.17, 15) is 4.79 Å². The van der Waals surface area contributed by atoms with Crippen molar-refractivity contribution in [1.29, 1.82) is 0 Å². The summed E-state index contributed by atoms with van der Waals surface area (Å²) in [5.74, 6) is 0.496. The molecule has 1 aliphatic heterocycles. The van der Waals surface area contributed by atoms with Gasteiger partial charge in [0.1, 0.15) is 0 Å². The van der Waals surface area contributed by atoms with E-state index < -0.39 is 0 Å². The number of carbonyl (C=O) groups excluding carboxylic acids is 1. The second-order valence-electron chi connectivity index (χ2n) is 5.86. The third-order valence-corrected chi connectivity index (χ3v) is 4.54. The van der Waals surface area contributed by atoms with Crippen molar-refractivity contribution in [2.75, 3.05) is 24.5 Å². The highest BCUT2D eigenvalue weighted by Gasteiger charge is 2.20. The van der Waals surface area contributed by atoms with Gasteiger partial charge in [0.25, 0.3) is 5.91 Å². The number of anilines is 1. The number of nitrogens with one attached hydrogen (secondary N) is 1. The number of hydrogen-bond acceptors (Lipinski definition) is 3. The molecule has 1 saturated heterocycles. The van der Waals surface area contributed by atoms with Gasteiger partial charge in [0.15, 0.2) is 0 Å². The molecule has 1 aliphatic rings. The fourth-order valence-electron chi connectivity index (χ4n) is 2.88. The van der Waals surface area contributed by atoms with Crippen molar-refractivity contribution in [3.8, 4) is 0 Å². The lowest BCUT2D eigenvalue weighted by molar-refractivity contribution is 0.0945. The van der Waals surface area contributed by atoms with Gasteiger partial charge in [0.2, 0.25) is 0 Å². The number of nitrogens with zero attached hydrogens (tertiary/aromatic N) is 2. The monoisotopic (exact) mass is 329 g/mol. The molecule has 0 radical (unpaired) electrons. The maximum atomic E-state index is 12.1. The third kappa shape index (κ3) is 4.23. The Morgan fingerprint density at radius 3 is 2.61 bits per heavy atom. The van der Waals surface area contributed by atoms with E-state index in [1.165, 1.54) is 5.69 Å². The van der Waals surface area contributed by atoms with E-state index in [0.717, 1.165) is 32.5 Å². The van der Waals surface area contributed by atoms with Gasteiger partial charge in [0, 0.05) is 36.4 Å². The van der Waals surface area contributed by atoms with Gasteiger partial charge in [-0.3, -0.25) is 9.78 Å². The number of amides is 1. The molecule has 0 atom stereocenters. The average Bonchev–Trinajstić information content (AvgIpc) is 2.61. The summed E-state index contributed by atoms with van der Waals surface area (Å²) < 4.78 is 0. The van der Waals surface area contributed by atoms with Crippen molar-refractivity contribution in [1.82, 2.24) is 10.3 Å². The molecule has 3 rings (SSSR count). The minimum Gasteiger partial charge on any atom is -0.370 e. The van der Waals surface area contributed by atoms with Crippen molar-refractivity contribution >= 4 is 23.2 Å². The first-order chi connectivity index (χ1) is 11.2. The predicted octanol–water partition coefficient (Wildman–Crippen LogP) is 3.38. The Morgan fingerprint density at radius 2 is 1.96 bits per heavy atom. The Bertz CT molecular complexity index is 637. The van der Waals surface area contributed by atoms with Crippen molar-refractivity contribution in [3.63, 3.8) is 0 Å². The van der Waals surface area contributed by atoms with Crippen LogP contribution in [0.25, 0.3) is 0 Å². The number of hydrogen-bond donors (Lipinski definition) is 1. The zero-order valence-electron chi connectivity index (χ0n) is 12.9. The molecule has 0 spiro atoms. The van der Waals surface area contributed by atoms with Gasteiger partial charge in [-0.25, -0.2) is 0 Å². The van der Waals surface area contributed by atoms with Crippen LogP contribution in [0.1, 0.15) is 23.2 Å². The summed E-state index contributed by atoms with van der Waals surface area (Å²) in [5, 5.41) is 3.67. The molecule has 1 fully saturated rings. The van der Waals surface area contributed by atoms with Crippen molar-refractivity contribution in [3.05, 3.63) is 59.4 Å². The first kappa shape index (κ1) is 15.8. The van der Waals surface area contributed by atoms with Crippen LogP contribution >= 0.6 is 11.6 Å². The van der Waals surface area contributed by atoms with Crippen LogP contribution in [0.4, 0.5) is 5.69 Å². The standard InChI is InChI=1S/C18H20ClN3O/c19-16-5-3-15(4-6-16)18(23)21-12-14-7-10-22(11-8-14)17-2-1-9-20-13-17/h1-6,9,13-14H,7-8,10-12H2,(H,21,23). The first-order valence-corrected chi connectivity index (χ1v) is 8.29. The summed E-state index contributed by atoms with van der Waals surface area (Å²) in [4.78, 5) is 18.6. The van der Waals surface area contributed by atoms with Crippen LogP contribution in [-0.4, -0.2) is 30.5 Å². The fraction of sp³-hybridized carbons (Fsp3) is 0.333. The molecular formula is C18H20ClN3O. The molecular weight excluding hydrogens is 310 g/mol. The molecule has 2 aromatic rings. The molecule has 1 amide bonds. The largest absolute Gasteiger partial charge is 0.370 e. The van der Waals surface area contributed by atoms with Gasteiger partial charge < -0.3 is 10.2 Å². The zero-order chi connectivity index (χ0) is 16.1. The molecule has 0 aliphatic carbocycles. The van der Waals surface area contributed by atoms with Gasteiger partial charge in [-0.05, 0) is 55.2 Å².